The third-order valence-electron chi connectivity index (χ3n) is 7.30. The standard InChI is InChI=1S/C32H32N2O9/c35-30-24-9-3-4-10-25(24)31(36)29-26(30)19-21(20-27(29)34(38)39)32(37)43-33-22-12-14-23(15-13-22)40-16-6-1-2-7-17-41-28-11-5-8-18-42-28/h3-4,9-10,12-15,19-20,28,33H,1-2,5-8,11,16-18H2. The van der Waals surface area contributed by atoms with Crippen molar-refractivity contribution in [1.82, 2.24) is 0 Å². The van der Waals surface area contributed by atoms with Gasteiger partial charge in [0.2, 0.25) is 5.78 Å². The van der Waals surface area contributed by atoms with Crippen molar-refractivity contribution in [2.75, 3.05) is 25.3 Å². The number of anilines is 1. The molecule has 11 heteroatoms. The number of carbonyl (C=O) groups excluding carboxylic acids is 3. The molecule has 5 rings (SSSR count). The molecule has 0 spiro atoms. The molecule has 1 saturated heterocycles. The number of unbranched alkanes of at least 4 members (excludes halogenated alkanes) is 3. The first-order valence-corrected chi connectivity index (χ1v) is 14.4. The molecule has 3 aromatic rings. The van der Waals surface area contributed by atoms with Crippen LogP contribution < -0.4 is 10.2 Å². The smallest absolute Gasteiger partial charge is 0.363 e. The second kappa shape index (κ2) is 14.0. The Morgan fingerprint density at radius 3 is 2.33 bits per heavy atom. The van der Waals surface area contributed by atoms with Crippen molar-refractivity contribution < 1.29 is 38.4 Å². The predicted octanol–water partition coefficient (Wildman–Crippen LogP) is 6.04. The lowest BCUT2D eigenvalue weighted by atomic mass is 9.82. The Hall–Kier alpha value is -4.61. The maximum atomic E-state index is 13.1. The highest BCUT2D eigenvalue weighted by molar-refractivity contribution is 6.30. The van der Waals surface area contributed by atoms with Gasteiger partial charge in [-0.25, -0.2) is 10.3 Å². The van der Waals surface area contributed by atoms with Gasteiger partial charge in [-0.2, -0.15) is 0 Å². The SMILES string of the molecule is O=C(ONc1ccc(OCCCCCCOC2CCCCO2)cc1)c1cc2c(c([N+](=O)[O-])c1)C(=O)c1ccccc1C2=O. The van der Waals surface area contributed by atoms with Gasteiger partial charge < -0.3 is 19.0 Å². The van der Waals surface area contributed by atoms with Crippen molar-refractivity contribution >= 4 is 28.9 Å². The maximum absolute atomic E-state index is 13.1. The lowest BCUT2D eigenvalue weighted by molar-refractivity contribution is -0.385. The summed E-state index contributed by atoms with van der Waals surface area (Å²) >= 11 is 0. The van der Waals surface area contributed by atoms with E-state index < -0.39 is 28.1 Å². The van der Waals surface area contributed by atoms with E-state index in [2.05, 4.69) is 5.48 Å². The van der Waals surface area contributed by atoms with Crippen LogP contribution in [0.4, 0.5) is 11.4 Å². The van der Waals surface area contributed by atoms with Gasteiger partial charge in [-0.1, -0.05) is 30.7 Å². The number of hydrogen-bond donors (Lipinski definition) is 1. The molecule has 11 nitrogen and oxygen atoms in total. The lowest BCUT2D eigenvalue weighted by Crippen LogP contribution is -2.23. The van der Waals surface area contributed by atoms with Crippen LogP contribution in [0.25, 0.3) is 0 Å². The molecule has 1 fully saturated rings. The first-order valence-electron chi connectivity index (χ1n) is 14.4. The monoisotopic (exact) mass is 588 g/mol. The Kier molecular flexibility index (Phi) is 9.75. The molecule has 1 atom stereocenters. The third kappa shape index (κ3) is 7.25. The fourth-order valence-electron chi connectivity index (χ4n) is 5.05. The van der Waals surface area contributed by atoms with E-state index in [9.17, 15) is 24.5 Å². The van der Waals surface area contributed by atoms with Gasteiger partial charge in [0.1, 0.15) is 11.3 Å². The van der Waals surface area contributed by atoms with E-state index in [4.69, 9.17) is 19.0 Å². The van der Waals surface area contributed by atoms with E-state index in [0.29, 0.717) is 24.7 Å². The van der Waals surface area contributed by atoms with Gasteiger partial charge >= 0.3 is 5.97 Å². The zero-order chi connectivity index (χ0) is 30.2. The van der Waals surface area contributed by atoms with Crippen molar-refractivity contribution in [3.63, 3.8) is 0 Å². The molecule has 0 radical (unpaired) electrons. The predicted molar refractivity (Wildman–Crippen MR) is 155 cm³/mol. The van der Waals surface area contributed by atoms with E-state index >= 15 is 0 Å². The minimum absolute atomic E-state index is 0.0421. The van der Waals surface area contributed by atoms with E-state index in [-0.39, 0.29) is 34.1 Å². The highest BCUT2D eigenvalue weighted by Crippen LogP contribution is 2.34. The molecule has 1 unspecified atom stereocenters. The largest absolute Gasteiger partial charge is 0.494 e. The summed E-state index contributed by atoms with van der Waals surface area (Å²) in [6.45, 7) is 2.06. The Bertz CT molecular complexity index is 1500. The minimum Gasteiger partial charge on any atom is -0.494 e. The number of fused-ring (bicyclic) bond motifs is 2. The van der Waals surface area contributed by atoms with Crippen LogP contribution in [-0.2, 0) is 14.3 Å². The van der Waals surface area contributed by atoms with Crippen molar-refractivity contribution in [3.8, 4) is 5.75 Å². The van der Waals surface area contributed by atoms with Crippen molar-refractivity contribution in [3.05, 3.63) is 98.6 Å². The third-order valence-corrected chi connectivity index (χ3v) is 7.30. The van der Waals surface area contributed by atoms with Crippen molar-refractivity contribution in [2.24, 2.45) is 0 Å². The summed E-state index contributed by atoms with van der Waals surface area (Å²) in [5.74, 6) is -1.53. The maximum Gasteiger partial charge on any atom is 0.363 e. The summed E-state index contributed by atoms with van der Waals surface area (Å²) in [4.78, 5) is 54.9. The molecular formula is C32H32N2O9. The number of nitro benzene ring substituents is 1. The van der Waals surface area contributed by atoms with E-state index in [1.807, 2.05) is 0 Å². The summed E-state index contributed by atoms with van der Waals surface area (Å²) < 4.78 is 17.1. The van der Waals surface area contributed by atoms with Crippen LogP contribution in [-0.4, -0.2) is 48.6 Å². The van der Waals surface area contributed by atoms with Crippen LogP contribution in [0.3, 0.4) is 0 Å². The highest BCUT2D eigenvalue weighted by atomic mass is 16.7. The molecule has 43 heavy (non-hydrogen) atoms. The van der Waals surface area contributed by atoms with Gasteiger partial charge in [0.25, 0.3) is 5.69 Å². The van der Waals surface area contributed by atoms with Crippen LogP contribution in [0, 0.1) is 10.1 Å². The number of ether oxygens (including phenoxy) is 3. The van der Waals surface area contributed by atoms with Crippen LogP contribution in [0.15, 0.2) is 60.7 Å². The number of carbonyl (C=O) groups is 3. The number of nitrogens with zero attached hydrogens (tertiary/aromatic N) is 1. The Balaban J connectivity index is 1.09. The Morgan fingerprint density at radius 2 is 1.63 bits per heavy atom. The Morgan fingerprint density at radius 1 is 0.907 bits per heavy atom. The zero-order valence-electron chi connectivity index (χ0n) is 23.5. The summed E-state index contributed by atoms with van der Waals surface area (Å²) in [6.07, 6.45) is 7.18. The van der Waals surface area contributed by atoms with Crippen LogP contribution in [0.5, 0.6) is 5.75 Å². The molecule has 0 aromatic heterocycles. The molecule has 224 valence electrons. The zero-order valence-corrected chi connectivity index (χ0v) is 23.5. The van der Waals surface area contributed by atoms with Gasteiger partial charge in [-0.3, -0.25) is 19.7 Å². The number of nitro groups is 1. The van der Waals surface area contributed by atoms with Crippen LogP contribution in [0.1, 0.15) is 87.1 Å². The molecule has 2 aliphatic rings. The summed E-state index contributed by atoms with van der Waals surface area (Å²) in [6, 6.07) is 14.9. The topological polar surface area (TPSA) is 143 Å². The van der Waals surface area contributed by atoms with Gasteiger partial charge in [-0.05, 0) is 68.9 Å². The molecule has 3 aromatic carbocycles. The molecule has 0 saturated carbocycles. The quantitative estimate of drug-likeness (QED) is 0.112. The summed E-state index contributed by atoms with van der Waals surface area (Å²) in [7, 11) is 0. The van der Waals surface area contributed by atoms with E-state index in [1.165, 1.54) is 12.1 Å². The molecule has 0 amide bonds. The number of rotatable bonds is 13. The molecule has 1 heterocycles. The molecule has 0 bridgehead atoms. The fraction of sp³-hybridized carbons (Fsp3) is 0.344. The number of ketones is 2. The highest BCUT2D eigenvalue weighted by Gasteiger charge is 2.37. The summed E-state index contributed by atoms with van der Waals surface area (Å²) in [5.41, 5.74) is 1.71. The normalized spacial score (nSPS) is 15.8. The van der Waals surface area contributed by atoms with Crippen molar-refractivity contribution in [2.45, 2.75) is 51.2 Å². The second-order valence-corrected chi connectivity index (χ2v) is 10.3. The van der Waals surface area contributed by atoms with Crippen LogP contribution >= 0.6 is 0 Å². The molecule has 1 aliphatic carbocycles. The fourth-order valence-corrected chi connectivity index (χ4v) is 5.05. The van der Waals surface area contributed by atoms with Gasteiger partial charge in [0.05, 0.1) is 22.8 Å². The van der Waals surface area contributed by atoms with Gasteiger partial charge in [0, 0.05) is 36.0 Å². The molecule has 1 aliphatic heterocycles. The minimum atomic E-state index is -0.956. The average molecular weight is 589 g/mol. The number of nitrogens with one attached hydrogen (secondary N) is 1. The van der Waals surface area contributed by atoms with Crippen molar-refractivity contribution in [1.29, 1.82) is 0 Å². The van der Waals surface area contributed by atoms with E-state index in [0.717, 1.165) is 63.7 Å². The first-order chi connectivity index (χ1) is 20.9. The van der Waals surface area contributed by atoms with Crippen LogP contribution in [0.2, 0.25) is 0 Å². The summed E-state index contributed by atoms with van der Waals surface area (Å²) in [5, 5.41) is 11.8. The first kappa shape index (κ1) is 29.9. The average Bonchev–Trinajstić information content (AvgIpc) is 3.04. The van der Waals surface area contributed by atoms with Gasteiger partial charge in [0.15, 0.2) is 12.1 Å². The van der Waals surface area contributed by atoms with Gasteiger partial charge in [-0.15, -0.1) is 0 Å². The number of benzene rings is 3. The molecular weight excluding hydrogens is 556 g/mol. The lowest BCUT2D eigenvalue weighted by Gasteiger charge is -2.22. The number of hydrogen-bond acceptors (Lipinski definition) is 10. The Labute approximate surface area is 248 Å². The molecule has 1 N–H and O–H groups in total. The van der Waals surface area contributed by atoms with E-state index in [1.54, 1.807) is 36.4 Å². The second-order valence-electron chi connectivity index (χ2n) is 10.3.